The molecule has 2 aromatic rings. The predicted octanol–water partition coefficient (Wildman–Crippen LogP) is 3.11. The van der Waals surface area contributed by atoms with Crippen LogP contribution >= 0.6 is 7.60 Å². The second-order valence-corrected chi connectivity index (χ2v) is 5.75. The van der Waals surface area contributed by atoms with Crippen molar-refractivity contribution in [2.75, 3.05) is 5.32 Å². The third kappa shape index (κ3) is 3.64. The summed E-state index contributed by atoms with van der Waals surface area (Å²) in [5, 5.41) is 2.77. The van der Waals surface area contributed by atoms with Crippen molar-refractivity contribution < 1.29 is 18.7 Å². The van der Waals surface area contributed by atoms with Crippen LogP contribution in [0.2, 0.25) is 0 Å². The first-order chi connectivity index (χ1) is 8.97. The molecule has 0 aliphatic heterocycles. The van der Waals surface area contributed by atoms with Crippen LogP contribution in [0.5, 0.6) is 0 Å². The van der Waals surface area contributed by atoms with Gasteiger partial charge < -0.3 is 15.1 Å². The number of rotatable bonds is 4. The lowest BCUT2D eigenvalue weighted by molar-refractivity contribution is 0.363. The average molecular weight is 281 g/mol. The van der Waals surface area contributed by atoms with E-state index in [0.29, 0.717) is 11.3 Å². The summed E-state index contributed by atoms with van der Waals surface area (Å²) in [5.41, 5.74) is 0.915. The van der Waals surface area contributed by atoms with E-state index in [1.165, 1.54) is 24.3 Å². The van der Waals surface area contributed by atoms with Crippen LogP contribution < -0.4 is 5.32 Å². The second-order valence-electron chi connectivity index (χ2n) is 4.05. The highest BCUT2D eigenvalue weighted by Gasteiger charge is 2.30. The third-order valence-corrected chi connectivity index (χ3v) is 3.70. The fourth-order valence-corrected chi connectivity index (χ4v) is 2.58. The fraction of sp³-hybridized carbons (Fsp3) is 0.0769. The molecule has 0 fully saturated rings. The van der Waals surface area contributed by atoms with Crippen molar-refractivity contribution >= 4 is 13.3 Å². The Morgan fingerprint density at radius 2 is 1.58 bits per heavy atom. The first-order valence-corrected chi connectivity index (χ1v) is 7.27. The summed E-state index contributed by atoms with van der Waals surface area (Å²) in [7, 11) is -4.41. The summed E-state index contributed by atoms with van der Waals surface area (Å²) in [6, 6.07) is 13.8. The average Bonchev–Trinajstić information content (AvgIpc) is 2.37. The second kappa shape index (κ2) is 5.53. The van der Waals surface area contributed by atoms with E-state index in [0.717, 1.165) is 0 Å². The lowest BCUT2D eigenvalue weighted by atomic mass is 10.2. The molecule has 0 amide bonds. The van der Waals surface area contributed by atoms with E-state index in [-0.39, 0.29) is 0 Å². The van der Waals surface area contributed by atoms with Gasteiger partial charge in [-0.1, -0.05) is 30.3 Å². The third-order valence-electron chi connectivity index (χ3n) is 2.60. The molecule has 0 spiro atoms. The lowest BCUT2D eigenvalue weighted by Gasteiger charge is -2.21. The molecule has 3 N–H and O–H groups in total. The Balaban J connectivity index is 2.32. The molecular weight excluding hydrogens is 268 g/mol. The van der Waals surface area contributed by atoms with Gasteiger partial charge in [-0.05, 0) is 29.8 Å². The van der Waals surface area contributed by atoms with Crippen LogP contribution in [0.25, 0.3) is 0 Å². The summed E-state index contributed by atoms with van der Waals surface area (Å²) in [5.74, 6) is -1.65. The van der Waals surface area contributed by atoms with Gasteiger partial charge in [0.2, 0.25) is 0 Å². The Hall–Kier alpha value is -1.68. The Labute approximate surface area is 110 Å². The van der Waals surface area contributed by atoms with Gasteiger partial charge in [-0.3, -0.25) is 4.57 Å². The molecule has 0 saturated heterocycles. The van der Waals surface area contributed by atoms with Crippen LogP contribution in [-0.4, -0.2) is 9.79 Å². The van der Waals surface area contributed by atoms with Crippen LogP contribution in [0.4, 0.5) is 10.1 Å². The Morgan fingerprint density at radius 3 is 2.11 bits per heavy atom. The van der Waals surface area contributed by atoms with Crippen molar-refractivity contribution in [1.29, 1.82) is 0 Å². The summed E-state index contributed by atoms with van der Waals surface area (Å²) < 4.78 is 24.4. The summed E-state index contributed by atoms with van der Waals surface area (Å²) >= 11 is 0. The van der Waals surface area contributed by atoms with Gasteiger partial charge in [-0.25, -0.2) is 4.39 Å². The maximum Gasteiger partial charge on any atom is 0.352 e. The monoisotopic (exact) mass is 281 g/mol. The van der Waals surface area contributed by atoms with Gasteiger partial charge in [0.05, 0.1) is 0 Å². The van der Waals surface area contributed by atoms with Crippen molar-refractivity contribution in [3.8, 4) is 0 Å². The maximum absolute atomic E-state index is 12.9. The highest BCUT2D eigenvalue weighted by atomic mass is 31.2. The van der Waals surface area contributed by atoms with E-state index in [2.05, 4.69) is 5.32 Å². The standard InChI is InChI=1S/C13H13FNO3P/c14-11-8-6-10(7-9-11)13(19(16,17)18)15-12-4-2-1-3-5-12/h1-9,13,15H,(H2,16,17,18)/t13-/m0/s1. The van der Waals surface area contributed by atoms with Crippen LogP contribution in [-0.2, 0) is 4.57 Å². The van der Waals surface area contributed by atoms with Gasteiger partial charge in [0.15, 0.2) is 5.78 Å². The van der Waals surface area contributed by atoms with E-state index >= 15 is 0 Å². The molecule has 2 aromatic carbocycles. The molecule has 100 valence electrons. The molecule has 6 heteroatoms. The minimum absolute atomic E-state index is 0.332. The van der Waals surface area contributed by atoms with Crippen molar-refractivity contribution in [2.24, 2.45) is 0 Å². The van der Waals surface area contributed by atoms with Crippen molar-refractivity contribution in [3.05, 3.63) is 66.0 Å². The molecule has 0 bridgehead atoms. The number of hydrogen-bond acceptors (Lipinski definition) is 2. The number of hydrogen-bond donors (Lipinski definition) is 3. The van der Waals surface area contributed by atoms with Gasteiger partial charge in [0, 0.05) is 5.69 Å². The van der Waals surface area contributed by atoms with Gasteiger partial charge in [0.25, 0.3) is 0 Å². The number of benzene rings is 2. The zero-order valence-corrected chi connectivity index (χ0v) is 10.8. The number of para-hydroxylation sites is 1. The first-order valence-electron chi connectivity index (χ1n) is 5.59. The number of halogens is 1. The number of anilines is 1. The zero-order valence-electron chi connectivity index (χ0n) is 9.90. The van der Waals surface area contributed by atoms with Crippen molar-refractivity contribution in [3.63, 3.8) is 0 Å². The largest absolute Gasteiger partial charge is 0.368 e. The lowest BCUT2D eigenvalue weighted by Crippen LogP contribution is -2.11. The van der Waals surface area contributed by atoms with E-state index in [4.69, 9.17) is 0 Å². The molecule has 4 nitrogen and oxygen atoms in total. The van der Waals surface area contributed by atoms with Crippen LogP contribution in [0.1, 0.15) is 11.3 Å². The molecule has 1 atom stereocenters. The van der Waals surface area contributed by atoms with E-state index in [1.54, 1.807) is 30.3 Å². The van der Waals surface area contributed by atoms with Crippen molar-refractivity contribution in [1.82, 2.24) is 0 Å². The smallest absolute Gasteiger partial charge is 0.352 e. The summed E-state index contributed by atoms with van der Waals surface area (Å²) in [6.45, 7) is 0. The molecule has 0 unspecified atom stereocenters. The van der Waals surface area contributed by atoms with Gasteiger partial charge >= 0.3 is 7.60 Å². The summed E-state index contributed by atoms with van der Waals surface area (Å²) in [6.07, 6.45) is 0. The molecule has 2 rings (SSSR count). The topological polar surface area (TPSA) is 69.6 Å². The van der Waals surface area contributed by atoms with Crippen molar-refractivity contribution in [2.45, 2.75) is 5.78 Å². The van der Waals surface area contributed by atoms with Gasteiger partial charge in [-0.15, -0.1) is 0 Å². The van der Waals surface area contributed by atoms with E-state index in [1.807, 2.05) is 0 Å². The summed E-state index contributed by atoms with van der Waals surface area (Å²) in [4.78, 5) is 18.8. The van der Waals surface area contributed by atoms with E-state index in [9.17, 15) is 18.7 Å². The molecular formula is C13H13FNO3P. The molecule has 0 radical (unpaired) electrons. The fourth-order valence-electron chi connectivity index (χ4n) is 1.70. The Kier molecular flexibility index (Phi) is 4.00. The molecule has 0 aliphatic carbocycles. The number of nitrogens with one attached hydrogen (secondary N) is 1. The molecule has 19 heavy (non-hydrogen) atoms. The predicted molar refractivity (Wildman–Crippen MR) is 71.2 cm³/mol. The minimum Gasteiger partial charge on any atom is -0.368 e. The molecule has 0 saturated carbocycles. The van der Waals surface area contributed by atoms with Gasteiger partial charge in [-0.2, -0.15) is 0 Å². The Bertz CT molecular complexity index is 583. The van der Waals surface area contributed by atoms with E-state index < -0.39 is 19.2 Å². The molecule has 0 aliphatic rings. The van der Waals surface area contributed by atoms with Crippen LogP contribution in [0.15, 0.2) is 54.6 Å². The zero-order chi connectivity index (χ0) is 13.9. The Morgan fingerprint density at radius 1 is 1.00 bits per heavy atom. The highest BCUT2D eigenvalue weighted by Crippen LogP contribution is 2.51. The SMILES string of the molecule is O=P(O)(O)[C@H](Nc1ccccc1)c1ccc(F)cc1. The normalized spacial score (nSPS) is 13.0. The maximum atomic E-state index is 12.9. The van der Waals surface area contributed by atoms with Gasteiger partial charge in [0.1, 0.15) is 5.82 Å². The first kappa shape index (κ1) is 13.7. The molecule has 0 heterocycles. The molecule has 0 aromatic heterocycles. The van der Waals surface area contributed by atoms with Crippen LogP contribution in [0.3, 0.4) is 0 Å². The minimum atomic E-state index is -4.41. The highest BCUT2D eigenvalue weighted by molar-refractivity contribution is 7.52. The van der Waals surface area contributed by atoms with Crippen LogP contribution in [0, 0.1) is 5.82 Å². The quantitative estimate of drug-likeness (QED) is 0.753.